The predicted octanol–water partition coefficient (Wildman–Crippen LogP) is 2.15. The molecule has 4 heterocycles. The second-order valence-corrected chi connectivity index (χ2v) is 7.18. The van der Waals surface area contributed by atoms with Crippen LogP contribution in [0.5, 0.6) is 0 Å². The molecule has 4 aromatic rings. The molecule has 0 saturated heterocycles. The molecule has 0 unspecified atom stereocenters. The summed E-state index contributed by atoms with van der Waals surface area (Å²) in [5.41, 5.74) is 5.74. The Balaban J connectivity index is 1.77. The minimum atomic E-state index is -0.0734. The van der Waals surface area contributed by atoms with E-state index >= 15 is 0 Å². The fourth-order valence-corrected chi connectivity index (χ4v) is 3.71. The number of nitrogens with zero attached hydrogens (tertiary/aromatic N) is 8. The van der Waals surface area contributed by atoms with E-state index in [4.69, 9.17) is 0 Å². The van der Waals surface area contributed by atoms with Gasteiger partial charge in [0.1, 0.15) is 0 Å². The predicted molar refractivity (Wildman–Crippen MR) is 109 cm³/mol. The van der Waals surface area contributed by atoms with Gasteiger partial charge in [0.25, 0.3) is 0 Å². The molecule has 0 atom stereocenters. The van der Waals surface area contributed by atoms with Crippen molar-refractivity contribution in [3.8, 4) is 23.0 Å². The van der Waals surface area contributed by atoms with E-state index in [2.05, 4.69) is 40.8 Å². The summed E-state index contributed by atoms with van der Waals surface area (Å²) in [6, 6.07) is 0. The number of tetrazole rings is 2. The fourth-order valence-electron chi connectivity index (χ4n) is 3.71. The highest BCUT2D eigenvalue weighted by Crippen LogP contribution is 2.31. The van der Waals surface area contributed by atoms with Crippen LogP contribution in [0.15, 0.2) is 0 Å². The fraction of sp³-hybridized carbons (Fsp3) is 0.421. The molecule has 0 bridgehead atoms. The molecule has 11 nitrogen and oxygen atoms in total. The molecule has 4 rings (SSSR count). The zero-order valence-electron chi connectivity index (χ0n) is 17.9. The number of hydrogen-bond donors (Lipinski definition) is 2. The Bertz CT molecular complexity index is 1140. The Hall–Kier alpha value is -3.63. The van der Waals surface area contributed by atoms with Crippen molar-refractivity contribution >= 4 is 5.78 Å². The monoisotopic (exact) mass is 408 g/mol. The zero-order valence-corrected chi connectivity index (χ0v) is 17.9. The number of nitrogens with one attached hydrogen (secondary N) is 2. The molecule has 0 saturated carbocycles. The quantitative estimate of drug-likeness (QED) is 0.467. The van der Waals surface area contributed by atoms with Crippen LogP contribution >= 0.6 is 0 Å². The Morgan fingerprint density at radius 3 is 1.50 bits per heavy atom. The zero-order chi connectivity index (χ0) is 21.6. The summed E-state index contributed by atoms with van der Waals surface area (Å²) in [7, 11) is 0. The van der Waals surface area contributed by atoms with Crippen molar-refractivity contribution in [1.29, 1.82) is 0 Å². The van der Waals surface area contributed by atoms with E-state index in [9.17, 15) is 4.79 Å². The number of rotatable bonds is 6. The van der Waals surface area contributed by atoms with Crippen LogP contribution in [0.2, 0.25) is 0 Å². The van der Waals surface area contributed by atoms with Crippen LogP contribution in [0.4, 0.5) is 0 Å². The standard InChI is InChI=1S/C19H24N10O/c1-7-28-24-18(22-26-28)15-9(3)13(11(5)20-15)17(30)14-10(4)16(21-12(14)6)19-23-27-29(8-2)25-19/h20-21H,7-8H2,1-6H3. The molecule has 2 N–H and O–H groups in total. The third-order valence-electron chi connectivity index (χ3n) is 5.25. The lowest BCUT2D eigenvalue weighted by Gasteiger charge is -2.04. The van der Waals surface area contributed by atoms with E-state index in [0.29, 0.717) is 47.3 Å². The molecular formula is C19H24N10O. The van der Waals surface area contributed by atoms with Crippen LogP contribution in [0.25, 0.3) is 23.0 Å². The largest absolute Gasteiger partial charge is 0.355 e. The molecule has 0 aliphatic carbocycles. The third-order valence-corrected chi connectivity index (χ3v) is 5.25. The van der Waals surface area contributed by atoms with Gasteiger partial charge in [-0.05, 0) is 63.1 Å². The lowest BCUT2D eigenvalue weighted by Crippen LogP contribution is -2.06. The van der Waals surface area contributed by atoms with Gasteiger partial charge in [-0.2, -0.15) is 9.59 Å². The Morgan fingerprint density at radius 2 is 1.17 bits per heavy atom. The molecule has 11 heteroatoms. The van der Waals surface area contributed by atoms with Crippen molar-refractivity contribution in [2.45, 2.75) is 54.6 Å². The molecule has 0 fully saturated rings. The molecule has 0 aromatic carbocycles. The number of aromatic amines is 2. The van der Waals surface area contributed by atoms with Gasteiger partial charge in [0, 0.05) is 22.5 Å². The minimum Gasteiger partial charge on any atom is -0.355 e. The van der Waals surface area contributed by atoms with Crippen LogP contribution < -0.4 is 0 Å². The van der Waals surface area contributed by atoms with Crippen LogP contribution in [-0.2, 0) is 13.1 Å². The number of aromatic nitrogens is 10. The minimum absolute atomic E-state index is 0.0734. The van der Waals surface area contributed by atoms with Crippen LogP contribution in [0.3, 0.4) is 0 Å². The first-order chi connectivity index (χ1) is 14.3. The van der Waals surface area contributed by atoms with Gasteiger partial charge in [-0.3, -0.25) is 4.79 Å². The van der Waals surface area contributed by atoms with Gasteiger partial charge in [0.2, 0.25) is 11.6 Å². The SMILES string of the molecule is CCn1nnc(-c2[nH]c(C)c(C(=O)c3c(C)[nH]c(-c4nnn(CC)n4)c3C)c2C)n1. The molecule has 0 spiro atoms. The lowest BCUT2D eigenvalue weighted by atomic mass is 9.96. The maximum Gasteiger partial charge on any atom is 0.221 e. The number of hydrogen-bond acceptors (Lipinski definition) is 7. The van der Waals surface area contributed by atoms with E-state index in [1.807, 2.05) is 41.5 Å². The molecule has 0 aliphatic rings. The van der Waals surface area contributed by atoms with E-state index in [0.717, 1.165) is 22.5 Å². The topological polar surface area (TPSA) is 136 Å². The van der Waals surface area contributed by atoms with Crippen molar-refractivity contribution in [2.75, 3.05) is 0 Å². The third kappa shape index (κ3) is 3.02. The first-order valence-corrected chi connectivity index (χ1v) is 9.85. The van der Waals surface area contributed by atoms with E-state index in [1.54, 1.807) is 0 Å². The average Bonchev–Trinajstić information content (AvgIpc) is 3.48. The molecule has 0 aliphatic heterocycles. The van der Waals surface area contributed by atoms with Crippen LogP contribution in [0, 0.1) is 27.7 Å². The number of carbonyl (C=O) groups excluding carboxylic acids is 1. The summed E-state index contributed by atoms with van der Waals surface area (Å²) >= 11 is 0. The summed E-state index contributed by atoms with van der Waals surface area (Å²) in [4.78, 5) is 23.1. The summed E-state index contributed by atoms with van der Waals surface area (Å²) in [5.74, 6) is 0.871. The van der Waals surface area contributed by atoms with Crippen molar-refractivity contribution in [2.24, 2.45) is 0 Å². The van der Waals surface area contributed by atoms with Gasteiger partial charge in [-0.15, -0.1) is 20.4 Å². The van der Waals surface area contributed by atoms with Gasteiger partial charge < -0.3 is 9.97 Å². The highest BCUT2D eigenvalue weighted by molar-refractivity contribution is 6.13. The smallest absolute Gasteiger partial charge is 0.221 e. The first-order valence-electron chi connectivity index (χ1n) is 9.85. The van der Waals surface area contributed by atoms with Gasteiger partial charge in [0.15, 0.2) is 5.78 Å². The lowest BCUT2D eigenvalue weighted by molar-refractivity contribution is 0.103. The Labute approximate surface area is 172 Å². The summed E-state index contributed by atoms with van der Waals surface area (Å²) in [6.45, 7) is 12.7. The molecule has 0 amide bonds. The highest BCUT2D eigenvalue weighted by Gasteiger charge is 2.27. The number of aryl methyl sites for hydroxylation is 4. The van der Waals surface area contributed by atoms with Crippen molar-refractivity contribution in [1.82, 2.24) is 50.4 Å². The van der Waals surface area contributed by atoms with Crippen molar-refractivity contribution in [3.63, 3.8) is 0 Å². The Morgan fingerprint density at radius 1 is 0.767 bits per heavy atom. The second-order valence-electron chi connectivity index (χ2n) is 7.18. The second kappa shape index (κ2) is 7.32. The van der Waals surface area contributed by atoms with E-state index in [1.165, 1.54) is 9.59 Å². The maximum absolute atomic E-state index is 13.6. The van der Waals surface area contributed by atoms with Crippen LogP contribution in [0.1, 0.15) is 52.3 Å². The van der Waals surface area contributed by atoms with E-state index in [-0.39, 0.29) is 5.78 Å². The molecule has 4 aromatic heterocycles. The molecule has 0 radical (unpaired) electrons. The van der Waals surface area contributed by atoms with Gasteiger partial charge in [0.05, 0.1) is 24.5 Å². The van der Waals surface area contributed by atoms with E-state index < -0.39 is 0 Å². The summed E-state index contributed by atoms with van der Waals surface area (Å²) in [5, 5.41) is 24.9. The molecular weight excluding hydrogens is 384 g/mol. The van der Waals surface area contributed by atoms with Gasteiger partial charge in [-0.1, -0.05) is 0 Å². The Kier molecular flexibility index (Phi) is 4.80. The van der Waals surface area contributed by atoms with Gasteiger partial charge >= 0.3 is 0 Å². The van der Waals surface area contributed by atoms with Gasteiger partial charge in [-0.25, -0.2) is 0 Å². The molecule has 30 heavy (non-hydrogen) atoms. The number of ketones is 1. The first kappa shape index (κ1) is 19.7. The number of carbonyl (C=O) groups is 1. The maximum atomic E-state index is 13.6. The summed E-state index contributed by atoms with van der Waals surface area (Å²) in [6.07, 6.45) is 0. The molecule has 156 valence electrons. The number of H-pyrrole nitrogens is 2. The normalized spacial score (nSPS) is 11.4. The summed E-state index contributed by atoms with van der Waals surface area (Å²) < 4.78 is 0. The van der Waals surface area contributed by atoms with Crippen LogP contribution in [-0.4, -0.2) is 56.2 Å². The highest BCUT2D eigenvalue weighted by atomic mass is 16.1. The van der Waals surface area contributed by atoms with Crippen molar-refractivity contribution < 1.29 is 4.79 Å². The average molecular weight is 408 g/mol. The van der Waals surface area contributed by atoms with Crippen molar-refractivity contribution in [3.05, 3.63) is 33.6 Å².